The molecule has 0 aromatic heterocycles. The highest BCUT2D eigenvalue weighted by molar-refractivity contribution is 7.89. The number of morpholine rings is 1. The van der Waals surface area contributed by atoms with E-state index in [0.717, 1.165) is 0 Å². The molecule has 1 unspecified atom stereocenters. The fraction of sp³-hybridized carbons (Fsp3) is 0.462. The third kappa shape index (κ3) is 3.93. The van der Waals surface area contributed by atoms with Gasteiger partial charge in [-0.15, -0.1) is 0 Å². The summed E-state index contributed by atoms with van der Waals surface area (Å²) in [5.74, 6) is -0.360. The fourth-order valence-electron chi connectivity index (χ4n) is 2.29. The molecule has 1 aliphatic heterocycles. The van der Waals surface area contributed by atoms with Gasteiger partial charge in [-0.2, -0.15) is 0 Å². The summed E-state index contributed by atoms with van der Waals surface area (Å²) in [6.07, 6.45) is -0.204. The number of para-hydroxylation sites is 1. The summed E-state index contributed by atoms with van der Waals surface area (Å²) in [5, 5.41) is 5.24. The van der Waals surface area contributed by atoms with Crippen LogP contribution < -0.4 is 10.0 Å². The molecule has 0 spiro atoms. The number of ether oxygens (including phenoxy) is 2. The van der Waals surface area contributed by atoms with Gasteiger partial charge in [-0.1, -0.05) is 12.1 Å². The first-order valence-corrected chi connectivity index (χ1v) is 8.01. The number of nitrogens with zero attached hydrogens (tertiary/aromatic N) is 1. The number of carbonyl (C=O) groups is 1. The molecule has 0 saturated carbocycles. The second kappa shape index (κ2) is 6.42. The van der Waals surface area contributed by atoms with Crippen molar-refractivity contribution in [1.29, 1.82) is 0 Å². The Bertz CT molecular complexity index is 617. The molecule has 0 amide bonds. The van der Waals surface area contributed by atoms with E-state index in [9.17, 15) is 13.2 Å². The van der Waals surface area contributed by atoms with Crippen molar-refractivity contribution in [2.75, 3.05) is 31.7 Å². The average Bonchev–Trinajstić information content (AvgIpc) is 2.46. The molecule has 1 aromatic rings. The van der Waals surface area contributed by atoms with E-state index in [-0.39, 0.29) is 23.4 Å². The number of hydrogen-bond donors (Lipinski definition) is 1. The van der Waals surface area contributed by atoms with Gasteiger partial charge in [0.05, 0.1) is 31.9 Å². The Morgan fingerprint density at radius 1 is 1.48 bits per heavy atom. The van der Waals surface area contributed by atoms with Crippen molar-refractivity contribution in [3.05, 3.63) is 24.3 Å². The van der Waals surface area contributed by atoms with E-state index in [1.54, 1.807) is 18.2 Å². The van der Waals surface area contributed by atoms with Crippen molar-refractivity contribution >= 4 is 21.7 Å². The third-order valence-corrected chi connectivity index (χ3v) is 4.23. The number of methoxy groups -OCH3 is 1. The second-order valence-electron chi connectivity index (χ2n) is 4.73. The van der Waals surface area contributed by atoms with Crippen LogP contribution in [0.5, 0.6) is 0 Å². The van der Waals surface area contributed by atoms with Gasteiger partial charge in [-0.05, 0) is 12.1 Å². The summed E-state index contributed by atoms with van der Waals surface area (Å²) in [5.41, 5.74) is 0.526. The zero-order chi connectivity index (χ0) is 15.5. The maximum absolute atomic E-state index is 11.6. The van der Waals surface area contributed by atoms with Gasteiger partial charge in [-0.3, -0.25) is 4.79 Å². The fourth-order valence-corrected chi connectivity index (χ4v) is 3.05. The van der Waals surface area contributed by atoms with E-state index in [2.05, 4.69) is 4.74 Å². The lowest BCUT2D eigenvalue weighted by Gasteiger charge is -2.34. The molecular formula is C13H18N2O5S. The molecule has 21 heavy (non-hydrogen) atoms. The first-order chi connectivity index (χ1) is 9.91. The standard InChI is InChI=1S/C13H18N2O5S/c1-19-13(16)8-10-9-15(6-7-20-10)11-4-2-3-5-12(11)21(14,17)18/h2-5,10H,6-9H2,1H3,(H2,14,17,18). The molecule has 0 aliphatic carbocycles. The van der Waals surface area contributed by atoms with Crippen LogP contribution in [0.4, 0.5) is 5.69 Å². The van der Waals surface area contributed by atoms with Gasteiger partial charge in [-0.25, -0.2) is 13.6 Å². The highest BCUT2D eigenvalue weighted by Gasteiger charge is 2.26. The summed E-state index contributed by atoms with van der Waals surface area (Å²) in [4.78, 5) is 13.2. The van der Waals surface area contributed by atoms with Crippen molar-refractivity contribution in [2.45, 2.75) is 17.4 Å². The van der Waals surface area contributed by atoms with Gasteiger partial charge in [0.2, 0.25) is 10.0 Å². The van der Waals surface area contributed by atoms with E-state index in [1.807, 2.05) is 4.90 Å². The van der Waals surface area contributed by atoms with Crippen molar-refractivity contribution < 1.29 is 22.7 Å². The normalized spacial score (nSPS) is 19.3. The predicted octanol–water partition coefficient (Wildman–Crippen LogP) is 0.102. The SMILES string of the molecule is COC(=O)CC1CN(c2ccccc2S(N)(=O)=O)CCO1. The van der Waals surface area contributed by atoms with Gasteiger partial charge >= 0.3 is 5.97 Å². The van der Waals surface area contributed by atoms with Crippen LogP contribution in [0.15, 0.2) is 29.2 Å². The summed E-state index contributed by atoms with van der Waals surface area (Å²) in [6, 6.07) is 6.53. The summed E-state index contributed by atoms with van der Waals surface area (Å²) in [6.45, 7) is 1.34. The average molecular weight is 314 g/mol. The monoisotopic (exact) mass is 314 g/mol. The van der Waals surface area contributed by atoms with Crippen LogP contribution in [-0.4, -0.2) is 47.3 Å². The number of primary sulfonamides is 1. The van der Waals surface area contributed by atoms with Crippen molar-refractivity contribution in [3.8, 4) is 0 Å². The van der Waals surface area contributed by atoms with Crippen LogP contribution >= 0.6 is 0 Å². The molecular weight excluding hydrogens is 296 g/mol. The number of nitrogens with two attached hydrogens (primary N) is 1. The van der Waals surface area contributed by atoms with Crippen LogP contribution in [-0.2, 0) is 24.3 Å². The highest BCUT2D eigenvalue weighted by atomic mass is 32.2. The molecule has 1 fully saturated rings. The first-order valence-electron chi connectivity index (χ1n) is 6.47. The molecule has 0 radical (unpaired) electrons. The molecule has 116 valence electrons. The highest BCUT2D eigenvalue weighted by Crippen LogP contribution is 2.26. The van der Waals surface area contributed by atoms with E-state index in [1.165, 1.54) is 13.2 Å². The van der Waals surface area contributed by atoms with Crippen molar-refractivity contribution in [2.24, 2.45) is 5.14 Å². The maximum atomic E-state index is 11.6. The Hall–Kier alpha value is -1.64. The van der Waals surface area contributed by atoms with Gasteiger partial charge in [0.15, 0.2) is 0 Å². The molecule has 1 aliphatic rings. The van der Waals surface area contributed by atoms with Gasteiger partial charge in [0.1, 0.15) is 4.90 Å². The topological polar surface area (TPSA) is 98.9 Å². The smallest absolute Gasteiger partial charge is 0.308 e. The lowest BCUT2D eigenvalue weighted by atomic mass is 10.2. The summed E-state index contributed by atoms with van der Waals surface area (Å²) < 4.78 is 33.4. The number of carbonyl (C=O) groups excluding carboxylic acids is 1. The Morgan fingerprint density at radius 2 is 2.19 bits per heavy atom. The molecule has 2 rings (SSSR count). The third-order valence-electron chi connectivity index (χ3n) is 3.27. The van der Waals surface area contributed by atoms with E-state index < -0.39 is 10.0 Å². The Labute approximate surface area is 123 Å². The van der Waals surface area contributed by atoms with E-state index >= 15 is 0 Å². The van der Waals surface area contributed by atoms with E-state index in [0.29, 0.717) is 25.4 Å². The number of rotatable bonds is 4. The van der Waals surface area contributed by atoms with Gasteiger partial charge in [0.25, 0.3) is 0 Å². The van der Waals surface area contributed by atoms with Crippen LogP contribution in [0, 0.1) is 0 Å². The minimum atomic E-state index is -3.80. The van der Waals surface area contributed by atoms with Crippen molar-refractivity contribution in [3.63, 3.8) is 0 Å². The molecule has 1 heterocycles. The minimum absolute atomic E-state index is 0.0729. The second-order valence-corrected chi connectivity index (χ2v) is 6.26. The molecule has 1 aromatic carbocycles. The predicted molar refractivity (Wildman–Crippen MR) is 76.4 cm³/mol. The van der Waals surface area contributed by atoms with Crippen LogP contribution in [0.3, 0.4) is 0 Å². The molecule has 7 nitrogen and oxygen atoms in total. The number of hydrogen-bond acceptors (Lipinski definition) is 6. The maximum Gasteiger partial charge on any atom is 0.308 e. The number of benzene rings is 1. The van der Waals surface area contributed by atoms with Crippen LogP contribution in [0.25, 0.3) is 0 Å². The number of anilines is 1. The Morgan fingerprint density at radius 3 is 2.86 bits per heavy atom. The van der Waals surface area contributed by atoms with Gasteiger partial charge < -0.3 is 14.4 Å². The lowest BCUT2D eigenvalue weighted by molar-refractivity contribution is -0.144. The quantitative estimate of drug-likeness (QED) is 0.792. The number of esters is 1. The Kier molecular flexibility index (Phi) is 4.81. The van der Waals surface area contributed by atoms with Crippen LogP contribution in [0.1, 0.15) is 6.42 Å². The largest absolute Gasteiger partial charge is 0.469 e. The Balaban J connectivity index is 2.21. The summed E-state index contributed by atoms with van der Waals surface area (Å²) >= 11 is 0. The zero-order valence-electron chi connectivity index (χ0n) is 11.7. The molecule has 1 atom stereocenters. The number of sulfonamides is 1. The molecule has 2 N–H and O–H groups in total. The van der Waals surface area contributed by atoms with Crippen molar-refractivity contribution in [1.82, 2.24) is 0 Å². The van der Waals surface area contributed by atoms with E-state index in [4.69, 9.17) is 9.88 Å². The first kappa shape index (κ1) is 15.7. The lowest BCUT2D eigenvalue weighted by Crippen LogP contribution is -2.44. The molecule has 1 saturated heterocycles. The van der Waals surface area contributed by atoms with Gasteiger partial charge in [0, 0.05) is 13.1 Å². The summed E-state index contributed by atoms with van der Waals surface area (Å²) in [7, 11) is -2.48. The zero-order valence-corrected chi connectivity index (χ0v) is 12.5. The minimum Gasteiger partial charge on any atom is -0.469 e. The molecule has 0 bridgehead atoms. The molecule has 8 heteroatoms. The van der Waals surface area contributed by atoms with Crippen LogP contribution in [0.2, 0.25) is 0 Å².